The Balaban J connectivity index is 1.74. The summed E-state index contributed by atoms with van der Waals surface area (Å²) in [6.07, 6.45) is 1.46. The third-order valence-corrected chi connectivity index (χ3v) is 3.56. The van der Waals surface area contributed by atoms with E-state index >= 15 is 0 Å². The number of aryl methyl sites for hydroxylation is 3. The minimum Gasteiger partial charge on any atom is -0.356 e. The normalized spacial score (nSPS) is 10.6. The molecule has 1 aromatic heterocycles. The maximum atomic E-state index is 13.4. The van der Waals surface area contributed by atoms with Crippen molar-refractivity contribution in [2.45, 2.75) is 33.1 Å². The maximum Gasteiger partial charge on any atom is 0.220 e. The summed E-state index contributed by atoms with van der Waals surface area (Å²) in [5.74, 6) is -0.313. The minimum absolute atomic E-state index is 0.0583. The zero-order valence-electron chi connectivity index (χ0n) is 12.4. The molecule has 0 bridgehead atoms. The molecule has 5 heteroatoms. The lowest BCUT2D eigenvalue weighted by atomic mass is 10.1. The molecule has 2 aromatic rings. The maximum absolute atomic E-state index is 13.4. The number of nitrogens with one attached hydrogen (secondary N) is 2. The lowest BCUT2D eigenvalue weighted by molar-refractivity contribution is -0.121. The standard InChI is InChI=1S/C16H20FN3O/c1-11-14(12(2)20-19-11)9-10-18-16(21)8-7-13-5-3-4-6-15(13)17/h3-6H,7-10H2,1-2H3,(H,18,21)(H,19,20). The van der Waals surface area contributed by atoms with E-state index in [2.05, 4.69) is 15.5 Å². The molecule has 1 heterocycles. The summed E-state index contributed by atoms with van der Waals surface area (Å²) in [4.78, 5) is 11.8. The molecule has 0 aliphatic heterocycles. The van der Waals surface area contributed by atoms with Crippen LogP contribution in [0.1, 0.15) is 28.9 Å². The van der Waals surface area contributed by atoms with Crippen molar-refractivity contribution in [3.63, 3.8) is 0 Å². The van der Waals surface area contributed by atoms with Gasteiger partial charge in [0.1, 0.15) is 5.82 Å². The predicted octanol–water partition coefficient (Wildman–Crippen LogP) is 2.46. The van der Waals surface area contributed by atoms with Gasteiger partial charge < -0.3 is 5.32 Å². The summed E-state index contributed by atoms with van der Waals surface area (Å²) in [7, 11) is 0. The molecule has 2 N–H and O–H groups in total. The number of amides is 1. The van der Waals surface area contributed by atoms with Crippen LogP contribution in [0.5, 0.6) is 0 Å². The number of H-pyrrole nitrogens is 1. The van der Waals surface area contributed by atoms with Gasteiger partial charge in [-0.05, 0) is 43.9 Å². The highest BCUT2D eigenvalue weighted by Crippen LogP contribution is 2.10. The van der Waals surface area contributed by atoms with E-state index < -0.39 is 0 Å². The first-order chi connectivity index (χ1) is 10.1. The highest BCUT2D eigenvalue weighted by molar-refractivity contribution is 5.76. The molecule has 21 heavy (non-hydrogen) atoms. The number of halogens is 1. The number of carbonyl (C=O) groups excluding carboxylic acids is 1. The van der Waals surface area contributed by atoms with Crippen molar-refractivity contribution >= 4 is 5.91 Å². The number of benzene rings is 1. The zero-order valence-corrected chi connectivity index (χ0v) is 12.4. The summed E-state index contributed by atoms with van der Waals surface area (Å²) in [6.45, 7) is 4.48. The molecule has 0 unspecified atom stereocenters. The predicted molar refractivity (Wildman–Crippen MR) is 79.5 cm³/mol. The number of aromatic nitrogens is 2. The molecule has 0 fully saturated rings. The molecule has 4 nitrogen and oxygen atoms in total. The van der Waals surface area contributed by atoms with Crippen LogP contribution in [0.25, 0.3) is 0 Å². The highest BCUT2D eigenvalue weighted by atomic mass is 19.1. The molecular formula is C16H20FN3O. The summed E-state index contributed by atoms with van der Waals surface area (Å²) in [5, 5.41) is 9.91. The minimum atomic E-state index is -0.255. The van der Waals surface area contributed by atoms with Crippen LogP contribution >= 0.6 is 0 Å². The number of nitrogens with zero attached hydrogens (tertiary/aromatic N) is 1. The van der Waals surface area contributed by atoms with Crippen molar-refractivity contribution in [1.29, 1.82) is 0 Å². The van der Waals surface area contributed by atoms with Gasteiger partial charge >= 0.3 is 0 Å². The molecule has 0 saturated carbocycles. The fourth-order valence-corrected chi connectivity index (χ4v) is 2.31. The summed E-state index contributed by atoms with van der Waals surface area (Å²) >= 11 is 0. The van der Waals surface area contributed by atoms with Crippen molar-refractivity contribution in [1.82, 2.24) is 15.5 Å². The van der Waals surface area contributed by atoms with Crippen molar-refractivity contribution in [3.05, 3.63) is 52.6 Å². The van der Waals surface area contributed by atoms with E-state index in [-0.39, 0.29) is 11.7 Å². The number of aromatic amines is 1. The van der Waals surface area contributed by atoms with Gasteiger partial charge in [0.25, 0.3) is 0 Å². The molecule has 0 aliphatic rings. The van der Waals surface area contributed by atoms with E-state index in [0.717, 1.165) is 23.4 Å². The topological polar surface area (TPSA) is 57.8 Å². The second kappa shape index (κ2) is 7.02. The fraction of sp³-hybridized carbons (Fsp3) is 0.375. The largest absolute Gasteiger partial charge is 0.356 e. The quantitative estimate of drug-likeness (QED) is 0.858. The van der Waals surface area contributed by atoms with Crippen LogP contribution in [0.4, 0.5) is 4.39 Å². The van der Waals surface area contributed by atoms with Crippen LogP contribution in [0, 0.1) is 19.7 Å². The molecule has 1 aromatic carbocycles. The Morgan fingerprint density at radius 1 is 1.29 bits per heavy atom. The molecule has 0 atom stereocenters. The van der Waals surface area contributed by atoms with E-state index in [0.29, 0.717) is 24.9 Å². The Morgan fingerprint density at radius 3 is 2.71 bits per heavy atom. The average molecular weight is 289 g/mol. The Morgan fingerprint density at radius 2 is 2.05 bits per heavy atom. The van der Waals surface area contributed by atoms with Gasteiger partial charge in [0, 0.05) is 18.7 Å². The van der Waals surface area contributed by atoms with E-state index in [4.69, 9.17) is 0 Å². The number of hydrogen-bond acceptors (Lipinski definition) is 2. The van der Waals surface area contributed by atoms with Crippen molar-refractivity contribution in [2.75, 3.05) is 6.54 Å². The van der Waals surface area contributed by atoms with E-state index in [1.807, 2.05) is 13.8 Å². The Labute approximate surface area is 123 Å². The Hall–Kier alpha value is -2.17. The average Bonchev–Trinajstić information content (AvgIpc) is 2.78. The first kappa shape index (κ1) is 15.2. The summed E-state index contributed by atoms with van der Waals surface area (Å²) < 4.78 is 13.4. The Kier molecular flexibility index (Phi) is 5.09. The molecule has 112 valence electrons. The second-order valence-electron chi connectivity index (χ2n) is 5.10. The lowest BCUT2D eigenvalue weighted by Crippen LogP contribution is -2.26. The van der Waals surface area contributed by atoms with Gasteiger partial charge in [-0.3, -0.25) is 9.89 Å². The van der Waals surface area contributed by atoms with E-state index in [1.165, 1.54) is 6.07 Å². The van der Waals surface area contributed by atoms with Gasteiger partial charge in [0.2, 0.25) is 5.91 Å². The Bertz CT molecular complexity index is 602. The summed E-state index contributed by atoms with van der Waals surface area (Å²) in [6, 6.07) is 6.55. The molecule has 0 spiro atoms. The van der Waals surface area contributed by atoms with Gasteiger partial charge in [0.15, 0.2) is 0 Å². The summed E-state index contributed by atoms with van der Waals surface area (Å²) in [5.41, 5.74) is 3.72. The van der Waals surface area contributed by atoms with Crippen molar-refractivity contribution in [3.8, 4) is 0 Å². The van der Waals surface area contributed by atoms with Crippen LogP contribution in [0.2, 0.25) is 0 Å². The van der Waals surface area contributed by atoms with Gasteiger partial charge in [-0.15, -0.1) is 0 Å². The van der Waals surface area contributed by atoms with E-state index in [9.17, 15) is 9.18 Å². The van der Waals surface area contributed by atoms with Gasteiger partial charge in [-0.2, -0.15) is 5.10 Å². The van der Waals surface area contributed by atoms with Crippen LogP contribution in [-0.4, -0.2) is 22.6 Å². The molecule has 0 aliphatic carbocycles. The number of rotatable bonds is 6. The van der Waals surface area contributed by atoms with Gasteiger partial charge in [-0.1, -0.05) is 18.2 Å². The van der Waals surface area contributed by atoms with Crippen LogP contribution in [-0.2, 0) is 17.6 Å². The van der Waals surface area contributed by atoms with Crippen molar-refractivity contribution < 1.29 is 9.18 Å². The zero-order chi connectivity index (χ0) is 15.2. The smallest absolute Gasteiger partial charge is 0.220 e. The highest BCUT2D eigenvalue weighted by Gasteiger charge is 2.08. The third kappa shape index (κ3) is 4.15. The van der Waals surface area contributed by atoms with Gasteiger partial charge in [0.05, 0.1) is 5.69 Å². The molecule has 2 rings (SSSR count). The van der Waals surface area contributed by atoms with Crippen LogP contribution < -0.4 is 5.32 Å². The molecule has 0 radical (unpaired) electrons. The van der Waals surface area contributed by atoms with Gasteiger partial charge in [-0.25, -0.2) is 4.39 Å². The second-order valence-corrected chi connectivity index (χ2v) is 5.10. The third-order valence-electron chi connectivity index (χ3n) is 3.56. The van der Waals surface area contributed by atoms with E-state index in [1.54, 1.807) is 18.2 Å². The monoisotopic (exact) mass is 289 g/mol. The molecule has 1 amide bonds. The fourth-order valence-electron chi connectivity index (χ4n) is 2.31. The van der Waals surface area contributed by atoms with Crippen LogP contribution in [0.3, 0.4) is 0 Å². The number of hydrogen-bond donors (Lipinski definition) is 2. The molecule has 0 saturated heterocycles. The van der Waals surface area contributed by atoms with Crippen LogP contribution in [0.15, 0.2) is 24.3 Å². The van der Waals surface area contributed by atoms with Crippen molar-refractivity contribution in [2.24, 2.45) is 0 Å². The SMILES string of the molecule is Cc1n[nH]c(C)c1CCNC(=O)CCc1ccccc1F. The molecular weight excluding hydrogens is 269 g/mol. The number of carbonyl (C=O) groups is 1. The first-order valence-corrected chi connectivity index (χ1v) is 7.08. The first-order valence-electron chi connectivity index (χ1n) is 7.08. The lowest BCUT2D eigenvalue weighted by Gasteiger charge is -2.06.